The molecule has 1 aromatic heterocycles. The molecule has 2 aliphatic heterocycles. The Balaban J connectivity index is 1.47. The zero-order valence-electron chi connectivity index (χ0n) is 17.3. The minimum Gasteiger partial charge on any atom is -0.424 e. The summed E-state index contributed by atoms with van der Waals surface area (Å²) < 4.78 is 5.67. The minimum absolute atomic E-state index is 0.0831. The highest BCUT2D eigenvalue weighted by Crippen LogP contribution is 2.33. The van der Waals surface area contributed by atoms with Gasteiger partial charge in [-0.15, -0.1) is 0 Å². The van der Waals surface area contributed by atoms with Crippen molar-refractivity contribution in [3.63, 3.8) is 0 Å². The SMILES string of the molecule is CN(C)C(=O)CNc1nc2c(C(=O)NC3CC4CCCC(C3)N4C)cccc2o1. The third kappa shape index (κ3) is 4.07. The number of carbonyl (C=O) groups is 2. The predicted molar refractivity (Wildman–Crippen MR) is 111 cm³/mol. The van der Waals surface area contributed by atoms with Gasteiger partial charge in [0, 0.05) is 32.2 Å². The molecule has 2 aromatic rings. The van der Waals surface area contributed by atoms with E-state index in [9.17, 15) is 9.59 Å². The quantitative estimate of drug-likeness (QED) is 0.800. The molecular formula is C21H29N5O3. The molecule has 2 bridgehead atoms. The van der Waals surface area contributed by atoms with Crippen LogP contribution in [0.3, 0.4) is 0 Å². The monoisotopic (exact) mass is 399 g/mol. The number of hydrogen-bond donors (Lipinski definition) is 2. The average molecular weight is 399 g/mol. The van der Waals surface area contributed by atoms with Crippen LogP contribution < -0.4 is 10.6 Å². The number of para-hydroxylation sites is 1. The van der Waals surface area contributed by atoms with Crippen molar-refractivity contribution in [1.82, 2.24) is 20.1 Å². The molecule has 0 radical (unpaired) electrons. The molecule has 2 aliphatic rings. The molecule has 156 valence electrons. The van der Waals surface area contributed by atoms with Gasteiger partial charge in [-0.3, -0.25) is 9.59 Å². The highest BCUT2D eigenvalue weighted by Gasteiger charge is 2.36. The van der Waals surface area contributed by atoms with Crippen molar-refractivity contribution in [2.45, 2.75) is 50.2 Å². The molecule has 2 fully saturated rings. The Labute approximate surface area is 170 Å². The normalized spacial score (nSPS) is 24.3. The number of fused-ring (bicyclic) bond motifs is 3. The summed E-state index contributed by atoms with van der Waals surface area (Å²) in [6, 6.07) is 6.88. The van der Waals surface area contributed by atoms with Gasteiger partial charge in [-0.1, -0.05) is 12.5 Å². The number of likely N-dealkylation sites (N-methyl/N-ethyl adjacent to an activating group) is 1. The number of benzene rings is 1. The fraction of sp³-hybridized carbons (Fsp3) is 0.571. The van der Waals surface area contributed by atoms with Crippen molar-refractivity contribution in [3.05, 3.63) is 23.8 Å². The van der Waals surface area contributed by atoms with Crippen LogP contribution in [-0.2, 0) is 4.79 Å². The van der Waals surface area contributed by atoms with Crippen LogP contribution in [-0.4, -0.2) is 72.4 Å². The van der Waals surface area contributed by atoms with Crippen LogP contribution in [0, 0.1) is 0 Å². The lowest BCUT2D eigenvalue weighted by Gasteiger charge is -2.47. The third-order valence-electron chi connectivity index (χ3n) is 6.23. The van der Waals surface area contributed by atoms with Gasteiger partial charge < -0.3 is 24.9 Å². The van der Waals surface area contributed by atoms with E-state index in [2.05, 4.69) is 27.6 Å². The van der Waals surface area contributed by atoms with Gasteiger partial charge in [-0.2, -0.15) is 4.98 Å². The number of carbonyl (C=O) groups excluding carboxylic acids is 2. The molecule has 0 spiro atoms. The first-order chi connectivity index (χ1) is 13.9. The number of piperidine rings is 2. The lowest BCUT2D eigenvalue weighted by Crippen LogP contribution is -2.55. The van der Waals surface area contributed by atoms with Crippen molar-refractivity contribution in [1.29, 1.82) is 0 Å². The van der Waals surface area contributed by atoms with Gasteiger partial charge in [-0.25, -0.2) is 0 Å². The Morgan fingerprint density at radius 1 is 1.24 bits per heavy atom. The zero-order valence-corrected chi connectivity index (χ0v) is 17.3. The molecule has 2 atom stereocenters. The summed E-state index contributed by atoms with van der Waals surface area (Å²) in [5.74, 6) is -0.203. The number of nitrogens with one attached hydrogen (secondary N) is 2. The summed E-state index contributed by atoms with van der Waals surface area (Å²) in [6.45, 7) is 0.0831. The number of aromatic nitrogens is 1. The van der Waals surface area contributed by atoms with Gasteiger partial charge in [0.05, 0.1) is 12.1 Å². The Kier molecular flexibility index (Phi) is 5.45. The number of oxazole rings is 1. The molecule has 4 rings (SSSR count). The Hall–Kier alpha value is -2.61. The maximum absolute atomic E-state index is 13.0. The largest absolute Gasteiger partial charge is 0.424 e. The fourth-order valence-corrected chi connectivity index (χ4v) is 4.51. The first kappa shape index (κ1) is 19.7. The van der Waals surface area contributed by atoms with Gasteiger partial charge in [0.15, 0.2) is 5.58 Å². The zero-order chi connectivity index (χ0) is 20.5. The number of rotatable bonds is 5. The Morgan fingerprint density at radius 2 is 1.97 bits per heavy atom. The first-order valence-corrected chi connectivity index (χ1v) is 10.3. The van der Waals surface area contributed by atoms with E-state index >= 15 is 0 Å². The van der Waals surface area contributed by atoms with E-state index < -0.39 is 0 Å². The van der Waals surface area contributed by atoms with Crippen molar-refractivity contribution >= 4 is 28.9 Å². The molecule has 3 heterocycles. The maximum atomic E-state index is 13.0. The molecule has 2 saturated heterocycles. The Bertz CT molecular complexity index is 895. The lowest BCUT2D eigenvalue weighted by atomic mass is 9.82. The average Bonchev–Trinajstić information content (AvgIpc) is 3.09. The molecule has 1 aromatic carbocycles. The van der Waals surface area contributed by atoms with Gasteiger partial charge in [0.2, 0.25) is 5.91 Å². The van der Waals surface area contributed by atoms with E-state index in [1.165, 1.54) is 24.2 Å². The van der Waals surface area contributed by atoms with E-state index in [0.717, 1.165) is 12.8 Å². The Morgan fingerprint density at radius 3 is 2.66 bits per heavy atom. The summed E-state index contributed by atoms with van der Waals surface area (Å²) in [6.07, 6.45) is 5.68. The molecular weight excluding hydrogens is 370 g/mol. The second kappa shape index (κ2) is 8.02. The molecule has 8 nitrogen and oxygen atoms in total. The van der Waals surface area contributed by atoms with Crippen LogP contribution >= 0.6 is 0 Å². The molecule has 0 saturated carbocycles. The summed E-state index contributed by atoms with van der Waals surface area (Å²) in [7, 11) is 5.59. The van der Waals surface area contributed by atoms with Gasteiger partial charge >= 0.3 is 0 Å². The van der Waals surface area contributed by atoms with Gasteiger partial charge in [0.25, 0.3) is 11.9 Å². The summed E-state index contributed by atoms with van der Waals surface area (Å²) in [5, 5.41) is 6.11. The van der Waals surface area contributed by atoms with Crippen LogP contribution in [0.1, 0.15) is 42.5 Å². The highest BCUT2D eigenvalue weighted by molar-refractivity contribution is 6.04. The molecule has 2 unspecified atom stereocenters. The lowest BCUT2D eigenvalue weighted by molar-refractivity contribution is -0.126. The van der Waals surface area contributed by atoms with Crippen molar-refractivity contribution in [2.75, 3.05) is 33.0 Å². The molecule has 2 amide bonds. The second-order valence-electron chi connectivity index (χ2n) is 8.36. The number of anilines is 1. The third-order valence-corrected chi connectivity index (χ3v) is 6.23. The van der Waals surface area contributed by atoms with E-state index in [0.29, 0.717) is 28.7 Å². The standard InChI is InChI=1S/C21H29N5O3/c1-25(2)18(27)12-22-21-24-19-16(8-5-9-17(19)29-21)20(28)23-13-10-14-6-4-7-15(11-13)26(14)3/h5,8-9,13-15H,4,6-7,10-12H2,1-3H3,(H,22,24)(H,23,28). The van der Waals surface area contributed by atoms with Crippen LogP contribution in [0.25, 0.3) is 11.1 Å². The summed E-state index contributed by atoms with van der Waals surface area (Å²) in [5.41, 5.74) is 1.54. The molecule has 29 heavy (non-hydrogen) atoms. The predicted octanol–water partition coefficient (Wildman–Crippen LogP) is 2.07. The molecule has 8 heteroatoms. The van der Waals surface area contributed by atoms with Crippen molar-refractivity contribution < 1.29 is 14.0 Å². The van der Waals surface area contributed by atoms with Gasteiger partial charge in [-0.05, 0) is 44.9 Å². The fourth-order valence-electron chi connectivity index (χ4n) is 4.51. The summed E-state index contributed by atoms with van der Waals surface area (Å²) in [4.78, 5) is 33.2. The van der Waals surface area contributed by atoms with Crippen LogP contribution in [0.4, 0.5) is 6.01 Å². The van der Waals surface area contributed by atoms with Crippen molar-refractivity contribution in [3.8, 4) is 0 Å². The topological polar surface area (TPSA) is 90.7 Å². The molecule has 0 aliphatic carbocycles. The summed E-state index contributed by atoms with van der Waals surface area (Å²) >= 11 is 0. The molecule has 2 N–H and O–H groups in total. The van der Waals surface area contributed by atoms with Crippen molar-refractivity contribution in [2.24, 2.45) is 0 Å². The van der Waals surface area contributed by atoms with Gasteiger partial charge in [0.1, 0.15) is 5.52 Å². The van der Waals surface area contributed by atoms with E-state index in [1.54, 1.807) is 32.3 Å². The van der Waals surface area contributed by atoms with Crippen LogP contribution in [0.15, 0.2) is 22.6 Å². The van der Waals surface area contributed by atoms with Crippen LogP contribution in [0.2, 0.25) is 0 Å². The van der Waals surface area contributed by atoms with Crippen LogP contribution in [0.5, 0.6) is 0 Å². The number of nitrogens with zero attached hydrogens (tertiary/aromatic N) is 3. The second-order valence-corrected chi connectivity index (χ2v) is 8.36. The number of amides is 2. The minimum atomic E-state index is -0.118. The van der Waals surface area contributed by atoms with E-state index in [4.69, 9.17) is 4.42 Å². The van der Waals surface area contributed by atoms with E-state index in [1.807, 2.05) is 0 Å². The maximum Gasteiger partial charge on any atom is 0.296 e. The first-order valence-electron chi connectivity index (χ1n) is 10.3. The van der Waals surface area contributed by atoms with E-state index in [-0.39, 0.29) is 30.4 Å². The number of hydrogen-bond acceptors (Lipinski definition) is 6. The highest BCUT2D eigenvalue weighted by atomic mass is 16.4. The smallest absolute Gasteiger partial charge is 0.296 e.